The maximum absolute atomic E-state index is 14.2. The molecule has 1 aliphatic heterocycles. The highest BCUT2D eigenvalue weighted by Gasteiger charge is 2.21. The number of nitrogens with zero attached hydrogens (tertiary/aromatic N) is 4. The topological polar surface area (TPSA) is 79.7 Å². The van der Waals surface area contributed by atoms with Crippen molar-refractivity contribution in [2.24, 2.45) is 0 Å². The number of nitrogens with one attached hydrogen (secondary N) is 3. The molecule has 9 heteroatoms. The van der Waals surface area contributed by atoms with Crippen LogP contribution >= 0.6 is 11.7 Å². The van der Waals surface area contributed by atoms with E-state index in [9.17, 15) is 4.39 Å². The Morgan fingerprint density at radius 1 is 1.33 bits per heavy atom. The lowest BCUT2D eigenvalue weighted by molar-refractivity contribution is 0.636. The fraction of sp³-hybridized carbons (Fsp3) is 0.133. The van der Waals surface area contributed by atoms with E-state index < -0.39 is 0 Å². The van der Waals surface area contributed by atoms with E-state index in [1.165, 1.54) is 6.07 Å². The molecule has 0 radical (unpaired) electrons. The highest BCUT2D eigenvalue weighted by Crippen LogP contribution is 2.30. The van der Waals surface area contributed by atoms with Gasteiger partial charge in [-0.1, -0.05) is 6.07 Å². The lowest BCUT2D eigenvalue weighted by Gasteiger charge is -2.16. The summed E-state index contributed by atoms with van der Waals surface area (Å²) >= 11 is 1.09. The lowest BCUT2D eigenvalue weighted by Crippen LogP contribution is -2.30. The normalized spacial score (nSPS) is 13.5. The van der Waals surface area contributed by atoms with Crippen molar-refractivity contribution in [3.8, 4) is 11.5 Å². The van der Waals surface area contributed by atoms with E-state index in [1.54, 1.807) is 19.3 Å². The van der Waals surface area contributed by atoms with E-state index in [2.05, 4.69) is 29.9 Å². The Morgan fingerprint density at radius 2 is 2.25 bits per heavy atom. The monoisotopic (exact) mass is 343 g/mol. The number of anilines is 1. The molecule has 0 unspecified atom stereocenters. The van der Waals surface area contributed by atoms with Crippen molar-refractivity contribution >= 4 is 28.6 Å². The Balaban J connectivity index is 1.91. The molecule has 3 heterocycles. The third-order valence-electron chi connectivity index (χ3n) is 3.70. The third-order valence-corrected chi connectivity index (χ3v) is 4.23. The predicted octanol–water partition coefficient (Wildman–Crippen LogP) is 2.24. The molecule has 3 N–H and O–H groups in total. The fourth-order valence-corrected chi connectivity index (χ4v) is 3.15. The standard InChI is InChI=1S/C15H14FN7S/c1-17-14-13(21-24-22-14)15-19-12-10(16)5-2-6-11(12)23(15)8-9-4-3-7-18-20-9/h2-7,18,20H,8H2,1H3,(H,17,22). The molecular weight excluding hydrogens is 329 g/mol. The van der Waals surface area contributed by atoms with E-state index in [0.717, 1.165) is 17.4 Å². The molecule has 0 fully saturated rings. The number of hydrazine groups is 1. The number of aromatic nitrogens is 4. The minimum atomic E-state index is -0.356. The molecule has 7 nitrogen and oxygen atoms in total. The smallest absolute Gasteiger partial charge is 0.171 e. The molecule has 0 bridgehead atoms. The molecule has 2 aromatic heterocycles. The van der Waals surface area contributed by atoms with Gasteiger partial charge >= 0.3 is 0 Å². The van der Waals surface area contributed by atoms with Crippen LogP contribution in [0.4, 0.5) is 10.2 Å². The van der Waals surface area contributed by atoms with Gasteiger partial charge in [0.2, 0.25) is 0 Å². The van der Waals surface area contributed by atoms with Gasteiger partial charge in [0.05, 0.1) is 29.5 Å². The molecule has 122 valence electrons. The maximum Gasteiger partial charge on any atom is 0.171 e. The summed E-state index contributed by atoms with van der Waals surface area (Å²) in [6.45, 7) is 0.493. The van der Waals surface area contributed by atoms with Gasteiger partial charge in [0, 0.05) is 13.2 Å². The molecule has 0 aliphatic carbocycles. The van der Waals surface area contributed by atoms with Crippen molar-refractivity contribution < 1.29 is 4.39 Å². The molecule has 4 rings (SSSR count). The van der Waals surface area contributed by atoms with Crippen molar-refractivity contribution in [1.82, 2.24) is 29.1 Å². The fourth-order valence-electron chi connectivity index (χ4n) is 2.60. The Labute approximate surface area is 141 Å². The highest BCUT2D eigenvalue weighted by molar-refractivity contribution is 6.99. The SMILES string of the molecule is CNc1nsnc1-c1nc2c(F)cccc2n1CC1=CC=CNN1. The van der Waals surface area contributed by atoms with Crippen LogP contribution in [0.15, 0.2) is 42.2 Å². The van der Waals surface area contributed by atoms with Crippen molar-refractivity contribution in [2.75, 3.05) is 12.4 Å². The first-order chi connectivity index (χ1) is 11.8. The molecule has 0 saturated carbocycles. The van der Waals surface area contributed by atoms with Crippen molar-refractivity contribution in [3.05, 3.63) is 48.1 Å². The van der Waals surface area contributed by atoms with E-state index in [0.29, 0.717) is 34.9 Å². The largest absolute Gasteiger partial charge is 0.370 e. The lowest BCUT2D eigenvalue weighted by atomic mass is 10.3. The van der Waals surface area contributed by atoms with Gasteiger partial charge in [-0.25, -0.2) is 9.37 Å². The number of hydrogen-bond donors (Lipinski definition) is 3. The van der Waals surface area contributed by atoms with E-state index in [-0.39, 0.29) is 5.82 Å². The number of imidazole rings is 1. The number of hydrogen-bond acceptors (Lipinski definition) is 7. The van der Waals surface area contributed by atoms with Gasteiger partial charge in [0.15, 0.2) is 23.2 Å². The molecule has 1 aromatic carbocycles. The number of halogens is 1. The molecule has 3 aromatic rings. The van der Waals surface area contributed by atoms with E-state index in [1.807, 2.05) is 22.8 Å². The van der Waals surface area contributed by atoms with Crippen LogP contribution in [-0.2, 0) is 6.54 Å². The zero-order chi connectivity index (χ0) is 16.5. The van der Waals surface area contributed by atoms with Gasteiger partial charge in [-0.15, -0.1) is 0 Å². The van der Waals surface area contributed by atoms with E-state index in [4.69, 9.17) is 0 Å². The zero-order valence-corrected chi connectivity index (χ0v) is 13.6. The van der Waals surface area contributed by atoms with Crippen LogP contribution in [0.3, 0.4) is 0 Å². The second-order valence-electron chi connectivity index (χ2n) is 5.16. The van der Waals surface area contributed by atoms with Crippen molar-refractivity contribution in [2.45, 2.75) is 6.54 Å². The van der Waals surface area contributed by atoms with Crippen LogP contribution < -0.4 is 16.2 Å². The first-order valence-corrected chi connectivity index (χ1v) is 8.03. The molecule has 0 atom stereocenters. The maximum atomic E-state index is 14.2. The Hall–Kier alpha value is -2.94. The van der Waals surface area contributed by atoms with Crippen LogP contribution in [-0.4, -0.2) is 25.3 Å². The van der Waals surface area contributed by atoms with Gasteiger partial charge in [-0.2, -0.15) is 8.75 Å². The number of para-hydroxylation sites is 1. The Morgan fingerprint density at radius 3 is 3.04 bits per heavy atom. The van der Waals surface area contributed by atoms with Gasteiger partial charge in [-0.3, -0.25) is 0 Å². The third kappa shape index (κ3) is 2.38. The average molecular weight is 343 g/mol. The van der Waals surface area contributed by atoms with Gasteiger partial charge in [-0.05, 0) is 24.3 Å². The number of rotatable bonds is 4. The summed E-state index contributed by atoms with van der Waals surface area (Å²) in [6.07, 6.45) is 5.64. The molecule has 24 heavy (non-hydrogen) atoms. The van der Waals surface area contributed by atoms with Crippen LogP contribution in [0.2, 0.25) is 0 Å². The van der Waals surface area contributed by atoms with Crippen molar-refractivity contribution in [3.63, 3.8) is 0 Å². The summed E-state index contributed by atoms with van der Waals surface area (Å²) in [6, 6.07) is 4.93. The van der Waals surface area contributed by atoms with Gasteiger partial charge < -0.3 is 20.7 Å². The Kier molecular flexibility index (Phi) is 3.62. The van der Waals surface area contributed by atoms with Crippen LogP contribution in [0.5, 0.6) is 0 Å². The molecular formula is C15H14FN7S. The predicted molar refractivity (Wildman–Crippen MR) is 91.6 cm³/mol. The molecule has 0 saturated heterocycles. The molecule has 0 spiro atoms. The van der Waals surface area contributed by atoms with Gasteiger partial charge in [0.1, 0.15) is 5.52 Å². The summed E-state index contributed by atoms with van der Waals surface area (Å²) < 4.78 is 24.7. The van der Waals surface area contributed by atoms with Crippen LogP contribution in [0, 0.1) is 5.82 Å². The summed E-state index contributed by atoms with van der Waals surface area (Å²) in [5.41, 5.74) is 8.57. The summed E-state index contributed by atoms with van der Waals surface area (Å²) in [5.74, 6) is 0.844. The first-order valence-electron chi connectivity index (χ1n) is 7.30. The second-order valence-corrected chi connectivity index (χ2v) is 5.69. The quantitative estimate of drug-likeness (QED) is 0.674. The summed E-state index contributed by atoms with van der Waals surface area (Å²) in [4.78, 5) is 4.49. The Bertz CT molecular complexity index is 956. The second kappa shape index (κ2) is 5.93. The molecule has 0 amide bonds. The summed E-state index contributed by atoms with van der Waals surface area (Å²) in [7, 11) is 1.77. The molecule has 1 aliphatic rings. The van der Waals surface area contributed by atoms with Crippen LogP contribution in [0.1, 0.15) is 0 Å². The van der Waals surface area contributed by atoms with Gasteiger partial charge in [0.25, 0.3) is 0 Å². The number of allylic oxidation sites excluding steroid dienone is 3. The minimum absolute atomic E-state index is 0.322. The minimum Gasteiger partial charge on any atom is -0.370 e. The van der Waals surface area contributed by atoms with Crippen LogP contribution in [0.25, 0.3) is 22.6 Å². The number of benzene rings is 1. The average Bonchev–Trinajstić information content (AvgIpc) is 3.21. The van der Waals surface area contributed by atoms with E-state index >= 15 is 0 Å². The summed E-state index contributed by atoms with van der Waals surface area (Å²) in [5, 5.41) is 3.00. The highest BCUT2D eigenvalue weighted by atomic mass is 32.1. The zero-order valence-electron chi connectivity index (χ0n) is 12.7. The number of fused-ring (bicyclic) bond motifs is 1. The van der Waals surface area contributed by atoms with Crippen molar-refractivity contribution in [1.29, 1.82) is 0 Å². The first kappa shape index (κ1) is 14.6.